The number of amides is 1. The summed E-state index contributed by atoms with van der Waals surface area (Å²) in [5.41, 5.74) is 3.90. The van der Waals surface area contributed by atoms with Gasteiger partial charge in [-0.25, -0.2) is 0 Å². The molecule has 1 amide bonds. The quantitative estimate of drug-likeness (QED) is 0.388. The number of fused-ring (bicyclic) bond motifs is 1. The van der Waals surface area contributed by atoms with Crippen molar-refractivity contribution in [3.8, 4) is 22.6 Å². The van der Waals surface area contributed by atoms with Gasteiger partial charge >= 0.3 is 5.97 Å². The molecule has 3 aromatic rings. The van der Waals surface area contributed by atoms with Crippen LogP contribution in [0.15, 0.2) is 53.2 Å². The Bertz CT molecular complexity index is 1130. The van der Waals surface area contributed by atoms with E-state index >= 15 is 0 Å². The topological polar surface area (TPSA) is 98.0 Å². The molecule has 1 heterocycles. The maximum Gasteiger partial charge on any atom is 0.303 e. The number of para-hydroxylation sites is 1. The van der Waals surface area contributed by atoms with Gasteiger partial charge in [-0.1, -0.05) is 18.2 Å². The number of carboxylic acid groups (broad SMARTS) is 1. The summed E-state index contributed by atoms with van der Waals surface area (Å²) < 4.78 is 16.8. The summed E-state index contributed by atoms with van der Waals surface area (Å²) in [6.07, 6.45) is 3.55. The highest BCUT2D eigenvalue weighted by Crippen LogP contribution is 2.40. The van der Waals surface area contributed by atoms with Crippen LogP contribution in [0.1, 0.15) is 25.3 Å². The number of rotatable bonds is 9. The fraction of sp³-hybridized carbons (Fsp3) is 0.250. The molecule has 0 bridgehead atoms. The Balaban J connectivity index is 1.94. The smallest absolute Gasteiger partial charge is 0.303 e. The minimum atomic E-state index is -0.884. The number of nitrogens with one attached hydrogen (secondary N) is 1. The molecule has 7 heteroatoms. The highest BCUT2D eigenvalue weighted by Gasteiger charge is 2.16. The number of allylic oxidation sites excluding steroid dienone is 1. The minimum absolute atomic E-state index is 0.0136. The van der Waals surface area contributed by atoms with E-state index in [0.29, 0.717) is 29.9 Å². The number of furan rings is 1. The van der Waals surface area contributed by atoms with Crippen molar-refractivity contribution in [2.75, 3.05) is 20.8 Å². The van der Waals surface area contributed by atoms with Crippen molar-refractivity contribution in [1.29, 1.82) is 0 Å². The van der Waals surface area contributed by atoms with E-state index in [1.54, 1.807) is 26.5 Å². The van der Waals surface area contributed by atoms with Crippen molar-refractivity contribution in [1.82, 2.24) is 5.32 Å². The first kappa shape index (κ1) is 22.0. The molecule has 0 radical (unpaired) electrons. The predicted molar refractivity (Wildman–Crippen MR) is 118 cm³/mol. The van der Waals surface area contributed by atoms with Crippen molar-refractivity contribution >= 4 is 28.4 Å². The Morgan fingerprint density at radius 3 is 2.55 bits per heavy atom. The largest absolute Gasteiger partial charge is 0.496 e. The van der Waals surface area contributed by atoms with Gasteiger partial charge in [-0.2, -0.15) is 0 Å². The number of hydrogen-bond acceptors (Lipinski definition) is 5. The van der Waals surface area contributed by atoms with Gasteiger partial charge < -0.3 is 24.3 Å². The monoisotopic (exact) mass is 423 g/mol. The molecule has 7 nitrogen and oxygen atoms in total. The van der Waals surface area contributed by atoms with Crippen molar-refractivity contribution in [3.63, 3.8) is 0 Å². The molecule has 0 aliphatic rings. The summed E-state index contributed by atoms with van der Waals surface area (Å²) in [6.45, 7) is 2.12. The lowest BCUT2D eigenvalue weighted by Crippen LogP contribution is -2.23. The normalized spacial score (nSPS) is 11.4. The molecular formula is C24H25NO6. The number of benzene rings is 2. The van der Waals surface area contributed by atoms with Crippen molar-refractivity contribution in [3.05, 3.63) is 54.3 Å². The fourth-order valence-electron chi connectivity index (χ4n) is 3.38. The summed E-state index contributed by atoms with van der Waals surface area (Å²) >= 11 is 0. The van der Waals surface area contributed by atoms with Gasteiger partial charge in [-0.3, -0.25) is 9.59 Å². The standard InChI is InChI=1S/C24H25NO6/c1-15(11-23(26)25-10-6-9-24(27)28)17-12-18-19(14-31-22(18)13-21(17)30-3)16-7-4-5-8-20(16)29-2/h4-5,7-8,11-14H,6,9-10H2,1-3H3,(H,25,26)(H,27,28)/b15-11+. The lowest BCUT2D eigenvalue weighted by atomic mass is 9.98. The van der Waals surface area contributed by atoms with E-state index in [1.165, 1.54) is 6.08 Å². The lowest BCUT2D eigenvalue weighted by molar-refractivity contribution is -0.137. The van der Waals surface area contributed by atoms with E-state index < -0.39 is 5.97 Å². The van der Waals surface area contributed by atoms with Gasteiger partial charge in [-0.15, -0.1) is 0 Å². The summed E-state index contributed by atoms with van der Waals surface area (Å²) in [5, 5.41) is 12.3. The highest BCUT2D eigenvalue weighted by atomic mass is 16.5. The van der Waals surface area contributed by atoms with E-state index in [-0.39, 0.29) is 12.3 Å². The average Bonchev–Trinajstić information content (AvgIpc) is 3.18. The SMILES string of the molecule is COc1cc2occ(-c3ccccc3OC)c2cc1/C(C)=C/C(=O)NCCCC(=O)O. The van der Waals surface area contributed by atoms with E-state index in [0.717, 1.165) is 27.8 Å². The van der Waals surface area contributed by atoms with Gasteiger partial charge in [0.15, 0.2) is 0 Å². The minimum Gasteiger partial charge on any atom is -0.496 e. The fourth-order valence-corrected chi connectivity index (χ4v) is 3.38. The number of ether oxygens (including phenoxy) is 2. The second-order valence-electron chi connectivity index (χ2n) is 7.01. The first-order valence-corrected chi connectivity index (χ1v) is 9.85. The van der Waals surface area contributed by atoms with Crippen LogP contribution in [0.4, 0.5) is 0 Å². The zero-order valence-corrected chi connectivity index (χ0v) is 17.7. The summed E-state index contributed by atoms with van der Waals surface area (Å²) in [4.78, 5) is 22.8. The summed E-state index contributed by atoms with van der Waals surface area (Å²) in [7, 11) is 3.19. The molecule has 0 saturated heterocycles. The van der Waals surface area contributed by atoms with Crippen LogP contribution in [-0.4, -0.2) is 37.7 Å². The van der Waals surface area contributed by atoms with Gasteiger partial charge in [0.25, 0.3) is 0 Å². The molecule has 162 valence electrons. The Morgan fingerprint density at radius 1 is 1.10 bits per heavy atom. The summed E-state index contributed by atoms with van der Waals surface area (Å²) in [5.74, 6) is 0.142. The van der Waals surface area contributed by atoms with Gasteiger partial charge in [-0.05, 0) is 31.1 Å². The van der Waals surface area contributed by atoms with Crippen LogP contribution in [-0.2, 0) is 9.59 Å². The highest BCUT2D eigenvalue weighted by molar-refractivity contribution is 6.01. The number of carbonyl (C=O) groups is 2. The number of aliphatic carboxylic acids is 1. The first-order chi connectivity index (χ1) is 14.9. The molecule has 0 aliphatic heterocycles. The van der Waals surface area contributed by atoms with E-state index in [4.69, 9.17) is 19.0 Å². The number of hydrogen-bond donors (Lipinski definition) is 2. The Morgan fingerprint density at radius 2 is 1.84 bits per heavy atom. The third kappa shape index (κ3) is 5.06. The summed E-state index contributed by atoms with van der Waals surface area (Å²) in [6, 6.07) is 11.4. The molecule has 31 heavy (non-hydrogen) atoms. The van der Waals surface area contributed by atoms with Crippen LogP contribution < -0.4 is 14.8 Å². The molecular weight excluding hydrogens is 398 g/mol. The number of methoxy groups -OCH3 is 2. The molecule has 0 aliphatic carbocycles. The molecule has 2 aromatic carbocycles. The Hall–Kier alpha value is -3.74. The van der Waals surface area contributed by atoms with Crippen LogP contribution in [0.25, 0.3) is 27.7 Å². The molecule has 3 rings (SSSR count). The van der Waals surface area contributed by atoms with E-state index in [1.807, 2.05) is 37.3 Å². The number of carbonyl (C=O) groups excluding carboxylic acids is 1. The first-order valence-electron chi connectivity index (χ1n) is 9.85. The zero-order valence-electron chi connectivity index (χ0n) is 17.7. The van der Waals surface area contributed by atoms with Crippen LogP contribution in [0, 0.1) is 0 Å². The van der Waals surface area contributed by atoms with Gasteiger partial charge in [0.1, 0.15) is 17.1 Å². The van der Waals surface area contributed by atoms with Crippen LogP contribution in [0.5, 0.6) is 11.5 Å². The molecule has 0 atom stereocenters. The lowest BCUT2D eigenvalue weighted by Gasteiger charge is -2.11. The number of carboxylic acids is 1. The van der Waals surface area contributed by atoms with Gasteiger partial charge in [0.05, 0.1) is 20.5 Å². The van der Waals surface area contributed by atoms with Crippen LogP contribution in [0.3, 0.4) is 0 Å². The maximum atomic E-state index is 12.2. The van der Waals surface area contributed by atoms with Crippen LogP contribution in [0.2, 0.25) is 0 Å². The molecule has 0 spiro atoms. The average molecular weight is 423 g/mol. The second kappa shape index (κ2) is 9.84. The molecule has 0 saturated carbocycles. The maximum absolute atomic E-state index is 12.2. The van der Waals surface area contributed by atoms with Gasteiger partial charge in [0.2, 0.25) is 5.91 Å². The van der Waals surface area contributed by atoms with Crippen LogP contribution >= 0.6 is 0 Å². The Labute approximate surface area is 180 Å². The van der Waals surface area contributed by atoms with Crippen molar-refractivity contribution < 1.29 is 28.6 Å². The third-order valence-corrected chi connectivity index (χ3v) is 4.93. The molecule has 1 aromatic heterocycles. The Kier molecular flexibility index (Phi) is 6.97. The second-order valence-corrected chi connectivity index (χ2v) is 7.01. The zero-order chi connectivity index (χ0) is 22.4. The van der Waals surface area contributed by atoms with E-state index in [2.05, 4.69) is 5.32 Å². The molecule has 2 N–H and O–H groups in total. The molecule has 0 unspecified atom stereocenters. The van der Waals surface area contributed by atoms with Crippen molar-refractivity contribution in [2.45, 2.75) is 19.8 Å². The third-order valence-electron chi connectivity index (χ3n) is 4.93. The predicted octanol–water partition coefficient (Wildman–Crippen LogP) is 4.50. The molecule has 0 fully saturated rings. The van der Waals surface area contributed by atoms with E-state index in [9.17, 15) is 9.59 Å². The van der Waals surface area contributed by atoms with Gasteiger partial charge in [0, 0.05) is 47.2 Å². The van der Waals surface area contributed by atoms with Crippen molar-refractivity contribution in [2.24, 2.45) is 0 Å².